The molecule has 0 aliphatic carbocycles. The number of hydrogen-bond acceptors (Lipinski definition) is 5. The van der Waals surface area contributed by atoms with Gasteiger partial charge in [0.05, 0.1) is 18.4 Å². The first kappa shape index (κ1) is 22.0. The number of rotatable bonds is 8. The molecule has 0 aliphatic heterocycles. The molecule has 3 N–H and O–H groups in total. The SMILES string of the molecule is Cc1c(CCOc2cc(F)ccc2-c2ccc3ncc(CCN)n3c2)c(C(C)O)nn1C. The Morgan fingerprint density at radius 3 is 2.78 bits per heavy atom. The van der Waals surface area contributed by atoms with Crippen molar-refractivity contribution in [2.24, 2.45) is 12.8 Å². The van der Waals surface area contributed by atoms with Gasteiger partial charge in [-0.1, -0.05) is 0 Å². The third-order valence-electron chi connectivity index (χ3n) is 5.73. The second-order valence-corrected chi connectivity index (χ2v) is 7.92. The van der Waals surface area contributed by atoms with Gasteiger partial charge in [0.15, 0.2) is 0 Å². The van der Waals surface area contributed by atoms with Crippen LogP contribution in [0.25, 0.3) is 16.8 Å². The van der Waals surface area contributed by atoms with Gasteiger partial charge in [0.25, 0.3) is 0 Å². The highest BCUT2D eigenvalue weighted by Crippen LogP contribution is 2.32. The summed E-state index contributed by atoms with van der Waals surface area (Å²) >= 11 is 0. The van der Waals surface area contributed by atoms with Crippen molar-refractivity contribution in [1.29, 1.82) is 0 Å². The molecule has 0 spiro atoms. The van der Waals surface area contributed by atoms with Crippen LogP contribution >= 0.6 is 0 Å². The Morgan fingerprint density at radius 1 is 1.22 bits per heavy atom. The van der Waals surface area contributed by atoms with Crippen LogP contribution in [0, 0.1) is 12.7 Å². The van der Waals surface area contributed by atoms with Crippen molar-refractivity contribution in [3.05, 3.63) is 71.2 Å². The van der Waals surface area contributed by atoms with Gasteiger partial charge in [-0.2, -0.15) is 5.10 Å². The predicted molar refractivity (Wildman–Crippen MR) is 121 cm³/mol. The molecule has 4 rings (SSSR count). The topological polar surface area (TPSA) is 90.6 Å². The summed E-state index contributed by atoms with van der Waals surface area (Å²) in [7, 11) is 1.85. The smallest absolute Gasteiger partial charge is 0.136 e. The maximum atomic E-state index is 14.1. The summed E-state index contributed by atoms with van der Waals surface area (Å²) in [6, 6.07) is 8.43. The molecule has 0 fully saturated rings. The number of pyridine rings is 1. The van der Waals surface area contributed by atoms with Gasteiger partial charge in [0, 0.05) is 66.4 Å². The number of benzene rings is 1. The molecule has 0 aliphatic rings. The van der Waals surface area contributed by atoms with Gasteiger partial charge in [-0.3, -0.25) is 4.68 Å². The minimum absolute atomic E-state index is 0.328. The van der Waals surface area contributed by atoms with E-state index in [1.54, 1.807) is 17.7 Å². The molecule has 7 nitrogen and oxygen atoms in total. The number of aliphatic hydroxyl groups excluding tert-OH is 1. The molecule has 32 heavy (non-hydrogen) atoms. The van der Waals surface area contributed by atoms with Crippen LogP contribution in [-0.2, 0) is 19.9 Å². The second-order valence-electron chi connectivity index (χ2n) is 7.92. The van der Waals surface area contributed by atoms with E-state index in [4.69, 9.17) is 10.5 Å². The van der Waals surface area contributed by atoms with Crippen LogP contribution in [0.2, 0.25) is 0 Å². The quantitative estimate of drug-likeness (QED) is 0.441. The standard InChI is InChI=1S/C24H28FN5O2/c1-15-20(24(16(2)31)28-29(15)3)9-11-32-22-12-18(25)5-6-21(22)17-4-7-23-27-13-19(8-10-26)30(23)14-17/h4-7,12-14,16,31H,8-11,26H2,1-3H3. The van der Waals surface area contributed by atoms with Gasteiger partial charge in [0.1, 0.15) is 17.2 Å². The van der Waals surface area contributed by atoms with Crippen molar-refractivity contribution in [2.45, 2.75) is 32.8 Å². The highest BCUT2D eigenvalue weighted by molar-refractivity contribution is 5.71. The van der Waals surface area contributed by atoms with Gasteiger partial charge < -0.3 is 20.0 Å². The summed E-state index contributed by atoms with van der Waals surface area (Å²) in [5.41, 5.74) is 11.8. The fourth-order valence-corrected chi connectivity index (χ4v) is 3.96. The van der Waals surface area contributed by atoms with Crippen LogP contribution in [0.15, 0.2) is 42.7 Å². The van der Waals surface area contributed by atoms with Crippen molar-refractivity contribution >= 4 is 5.65 Å². The molecule has 8 heteroatoms. The van der Waals surface area contributed by atoms with Crippen LogP contribution in [-0.4, -0.2) is 37.4 Å². The maximum absolute atomic E-state index is 14.1. The number of aryl methyl sites for hydroxylation is 1. The van der Waals surface area contributed by atoms with Crippen LogP contribution in [0.1, 0.15) is 35.7 Å². The number of halogens is 1. The number of nitrogens with zero attached hydrogens (tertiary/aromatic N) is 4. The van der Waals surface area contributed by atoms with E-state index in [-0.39, 0.29) is 5.82 Å². The second kappa shape index (κ2) is 9.10. The lowest BCUT2D eigenvalue weighted by Crippen LogP contribution is -2.07. The lowest BCUT2D eigenvalue weighted by molar-refractivity contribution is 0.192. The van der Waals surface area contributed by atoms with Crippen LogP contribution in [0.4, 0.5) is 4.39 Å². The molecule has 3 aromatic heterocycles. The van der Waals surface area contributed by atoms with Crippen molar-refractivity contribution < 1.29 is 14.2 Å². The zero-order valence-corrected chi connectivity index (χ0v) is 18.5. The molecule has 0 amide bonds. The van der Waals surface area contributed by atoms with E-state index in [0.717, 1.165) is 33.7 Å². The lowest BCUT2D eigenvalue weighted by Gasteiger charge is -2.13. The van der Waals surface area contributed by atoms with E-state index in [1.807, 2.05) is 42.9 Å². The number of aromatic nitrogens is 4. The molecule has 1 atom stereocenters. The zero-order chi connectivity index (χ0) is 22.8. The van der Waals surface area contributed by atoms with Crippen LogP contribution < -0.4 is 10.5 Å². The van der Waals surface area contributed by atoms with E-state index >= 15 is 0 Å². The highest BCUT2D eigenvalue weighted by atomic mass is 19.1. The molecule has 1 aromatic carbocycles. The lowest BCUT2D eigenvalue weighted by atomic mass is 10.1. The summed E-state index contributed by atoms with van der Waals surface area (Å²) in [4.78, 5) is 4.41. The zero-order valence-electron chi connectivity index (χ0n) is 18.5. The average molecular weight is 438 g/mol. The van der Waals surface area contributed by atoms with E-state index in [2.05, 4.69) is 10.1 Å². The van der Waals surface area contributed by atoms with Crippen LogP contribution in [0.3, 0.4) is 0 Å². The molecule has 0 bridgehead atoms. The Labute approximate surface area is 186 Å². The molecular weight excluding hydrogens is 409 g/mol. The molecule has 0 radical (unpaired) electrons. The summed E-state index contributed by atoms with van der Waals surface area (Å²) < 4.78 is 23.9. The first-order valence-corrected chi connectivity index (χ1v) is 10.7. The van der Waals surface area contributed by atoms with Gasteiger partial charge in [-0.05, 0) is 44.7 Å². The van der Waals surface area contributed by atoms with Gasteiger partial charge in [0.2, 0.25) is 0 Å². The van der Waals surface area contributed by atoms with E-state index in [0.29, 0.717) is 37.4 Å². The monoisotopic (exact) mass is 437 g/mol. The van der Waals surface area contributed by atoms with Gasteiger partial charge in [-0.15, -0.1) is 0 Å². The number of fused-ring (bicyclic) bond motifs is 1. The number of nitrogens with two attached hydrogens (primary N) is 1. The number of imidazole rings is 1. The van der Waals surface area contributed by atoms with Crippen molar-refractivity contribution in [3.63, 3.8) is 0 Å². The summed E-state index contributed by atoms with van der Waals surface area (Å²) in [6.07, 6.45) is 4.40. The molecule has 0 saturated carbocycles. The van der Waals surface area contributed by atoms with Gasteiger partial charge >= 0.3 is 0 Å². The fraction of sp³-hybridized carbons (Fsp3) is 0.333. The fourth-order valence-electron chi connectivity index (χ4n) is 3.96. The largest absolute Gasteiger partial charge is 0.492 e. The number of hydrogen-bond donors (Lipinski definition) is 2. The Morgan fingerprint density at radius 2 is 2.03 bits per heavy atom. The van der Waals surface area contributed by atoms with Crippen molar-refractivity contribution in [1.82, 2.24) is 19.2 Å². The van der Waals surface area contributed by atoms with Crippen molar-refractivity contribution in [2.75, 3.05) is 13.2 Å². The van der Waals surface area contributed by atoms with Crippen molar-refractivity contribution in [3.8, 4) is 16.9 Å². The minimum atomic E-state index is -0.667. The Kier molecular flexibility index (Phi) is 6.25. The molecular formula is C24H28FN5O2. The first-order valence-electron chi connectivity index (χ1n) is 10.7. The third-order valence-corrected chi connectivity index (χ3v) is 5.73. The number of ether oxygens (including phenoxy) is 1. The molecule has 3 heterocycles. The minimum Gasteiger partial charge on any atom is -0.492 e. The molecule has 1 unspecified atom stereocenters. The maximum Gasteiger partial charge on any atom is 0.136 e. The highest BCUT2D eigenvalue weighted by Gasteiger charge is 2.17. The summed E-state index contributed by atoms with van der Waals surface area (Å²) in [5.74, 6) is 0.100. The van der Waals surface area contributed by atoms with E-state index in [9.17, 15) is 9.50 Å². The third kappa shape index (κ3) is 4.24. The number of aliphatic hydroxyl groups is 1. The van der Waals surface area contributed by atoms with Gasteiger partial charge in [-0.25, -0.2) is 9.37 Å². The average Bonchev–Trinajstić information content (AvgIpc) is 3.29. The predicted octanol–water partition coefficient (Wildman–Crippen LogP) is 3.36. The summed E-state index contributed by atoms with van der Waals surface area (Å²) in [5, 5.41) is 14.4. The van der Waals surface area contributed by atoms with Crippen LogP contribution in [0.5, 0.6) is 5.75 Å². The molecule has 0 saturated heterocycles. The summed E-state index contributed by atoms with van der Waals surface area (Å²) in [6.45, 7) is 4.52. The normalized spacial score (nSPS) is 12.4. The Bertz CT molecular complexity index is 1240. The Hall–Kier alpha value is -3.23. The Balaban J connectivity index is 1.61. The first-order chi connectivity index (χ1) is 15.4. The van der Waals surface area contributed by atoms with E-state index in [1.165, 1.54) is 12.1 Å². The molecule has 168 valence electrons. The van der Waals surface area contributed by atoms with E-state index < -0.39 is 6.10 Å². The molecule has 4 aromatic rings.